The smallest absolute Gasteiger partial charge is 0.0593 e. The Morgan fingerprint density at radius 3 is 2.50 bits per heavy atom. The molecule has 0 rings (SSSR count). The van der Waals surface area contributed by atoms with Crippen LogP contribution >= 0.6 is 0 Å². The van der Waals surface area contributed by atoms with Gasteiger partial charge in [0.05, 0.1) is 6.61 Å². The van der Waals surface area contributed by atoms with Gasteiger partial charge in [0.15, 0.2) is 0 Å². The maximum absolute atomic E-state index is 5.52. The molecule has 0 aliphatic heterocycles. The van der Waals surface area contributed by atoms with E-state index < -0.39 is 0 Å². The largest absolute Gasteiger partial charge is 0.380 e. The zero-order chi connectivity index (χ0) is 9.40. The quantitative estimate of drug-likeness (QED) is 0.546. The molecule has 0 spiro atoms. The second-order valence-electron chi connectivity index (χ2n) is 3.77. The summed E-state index contributed by atoms with van der Waals surface area (Å²) in [5.41, 5.74) is 0. The summed E-state index contributed by atoms with van der Waals surface area (Å²) < 4.78 is 5.52. The van der Waals surface area contributed by atoms with Gasteiger partial charge in [0.25, 0.3) is 0 Å². The normalized spacial score (nSPS) is 13.8. The molecule has 0 aromatic carbocycles. The Hall–Kier alpha value is -0.0800. The molecule has 12 heavy (non-hydrogen) atoms. The molecule has 2 heteroatoms. The summed E-state index contributed by atoms with van der Waals surface area (Å²) in [5.74, 6) is 0.720. The molecule has 0 aliphatic rings. The van der Waals surface area contributed by atoms with Crippen molar-refractivity contribution in [2.75, 3.05) is 33.9 Å². The Morgan fingerprint density at radius 1 is 1.33 bits per heavy atom. The summed E-state index contributed by atoms with van der Waals surface area (Å²) in [6.45, 7) is 7.27. The first-order chi connectivity index (χ1) is 5.66. The highest BCUT2D eigenvalue weighted by atomic mass is 16.5. The molecule has 74 valence electrons. The lowest BCUT2D eigenvalue weighted by Crippen LogP contribution is -2.19. The third-order valence-electron chi connectivity index (χ3n) is 1.87. The van der Waals surface area contributed by atoms with E-state index in [0.29, 0.717) is 0 Å². The molecule has 0 bridgehead atoms. The lowest BCUT2D eigenvalue weighted by molar-refractivity contribution is 0.0894. The summed E-state index contributed by atoms with van der Waals surface area (Å²) >= 11 is 0. The lowest BCUT2D eigenvalue weighted by Gasteiger charge is -2.13. The van der Waals surface area contributed by atoms with E-state index in [-0.39, 0.29) is 0 Å². The Labute approximate surface area is 76.9 Å². The second-order valence-corrected chi connectivity index (χ2v) is 3.77. The van der Waals surface area contributed by atoms with Gasteiger partial charge in [0, 0.05) is 13.2 Å². The third kappa shape index (κ3) is 8.02. The van der Waals surface area contributed by atoms with Gasteiger partial charge in [-0.3, -0.25) is 0 Å². The molecule has 0 saturated carbocycles. The van der Waals surface area contributed by atoms with Gasteiger partial charge in [0.1, 0.15) is 0 Å². The predicted molar refractivity (Wildman–Crippen MR) is 53.4 cm³/mol. The van der Waals surface area contributed by atoms with Crippen LogP contribution in [0.3, 0.4) is 0 Å². The van der Waals surface area contributed by atoms with Crippen molar-refractivity contribution < 1.29 is 4.74 Å². The Balaban J connectivity index is 3.08. The second kappa shape index (κ2) is 7.56. The van der Waals surface area contributed by atoms with E-state index in [1.807, 2.05) is 0 Å². The van der Waals surface area contributed by atoms with E-state index in [2.05, 4.69) is 32.8 Å². The topological polar surface area (TPSA) is 12.5 Å². The van der Waals surface area contributed by atoms with Crippen molar-refractivity contribution in [3.63, 3.8) is 0 Å². The molecule has 0 radical (unpaired) electrons. The highest BCUT2D eigenvalue weighted by molar-refractivity contribution is 4.49. The van der Waals surface area contributed by atoms with Gasteiger partial charge in [-0.25, -0.2) is 0 Å². The van der Waals surface area contributed by atoms with Gasteiger partial charge < -0.3 is 9.64 Å². The monoisotopic (exact) mass is 173 g/mol. The first kappa shape index (κ1) is 11.9. The number of ether oxygens (including phenoxy) is 1. The minimum atomic E-state index is 0.720. The molecule has 1 unspecified atom stereocenters. The van der Waals surface area contributed by atoms with Crippen LogP contribution in [0, 0.1) is 5.92 Å². The average molecular weight is 173 g/mol. The average Bonchev–Trinajstić information content (AvgIpc) is 1.98. The maximum Gasteiger partial charge on any atom is 0.0593 e. The molecule has 0 amide bonds. The summed E-state index contributed by atoms with van der Waals surface area (Å²) in [4.78, 5) is 2.14. The van der Waals surface area contributed by atoms with Crippen LogP contribution in [-0.4, -0.2) is 38.8 Å². The highest BCUT2D eigenvalue weighted by Gasteiger charge is 1.99. The maximum atomic E-state index is 5.52. The minimum absolute atomic E-state index is 0.720. The minimum Gasteiger partial charge on any atom is -0.380 e. The van der Waals surface area contributed by atoms with Gasteiger partial charge >= 0.3 is 0 Å². The fourth-order valence-electron chi connectivity index (χ4n) is 1.11. The van der Waals surface area contributed by atoms with Crippen molar-refractivity contribution >= 4 is 0 Å². The molecular formula is C10H23NO. The van der Waals surface area contributed by atoms with Crippen LogP contribution in [0.25, 0.3) is 0 Å². The molecule has 0 fully saturated rings. The molecule has 1 atom stereocenters. The van der Waals surface area contributed by atoms with Crippen molar-refractivity contribution in [1.29, 1.82) is 0 Å². The Bertz CT molecular complexity index is 93.8. The molecule has 0 aromatic rings. The summed E-state index contributed by atoms with van der Waals surface area (Å²) in [5, 5.41) is 0. The fraction of sp³-hybridized carbons (Fsp3) is 1.00. The number of hydrogen-bond acceptors (Lipinski definition) is 2. The van der Waals surface area contributed by atoms with Gasteiger partial charge in [-0.15, -0.1) is 0 Å². The first-order valence-corrected chi connectivity index (χ1v) is 4.89. The van der Waals surface area contributed by atoms with Crippen LogP contribution in [0.5, 0.6) is 0 Å². The molecule has 0 N–H and O–H groups in total. The molecule has 0 saturated heterocycles. The van der Waals surface area contributed by atoms with Crippen LogP contribution < -0.4 is 0 Å². The zero-order valence-corrected chi connectivity index (χ0v) is 8.97. The standard InChI is InChI=1S/C10H23NO/c1-5-6-10(2)9-12-8-7-11(3)4/h10H,5-9H2,1-4H3. The SMILES string of the molecule is CCCC(C)COCCN(C)C. The zero-order valence-electron chi connectivity index (χ0n) is 8.97. The van der Waals surface area contributed by atoms with E-state index in [9.17, 15) is 0 Å². The number of hydrogen-bond donors (Lipinski definition) is 0. The summed E-state index contributed by atoms with van der Waals surface area (Å²) in [6.07, 6.45) is 2.54. The van der Waals surface area contributed by atoms with E-state index in [0.717, 1.165) is 25.7 Å². The van der Waals surface area contributed by atoms with E-state index in [4.69, 9.17) is 4.74 Å². The van der Waals surface area contributed by atoms with Crippen LogP contribution in [-0.2, 0) is 4.74 Å². The summed E-state index contributed by atoms with van der Waals surface area (Å²) in [7, 11) is 4.14. The van der Waals surface area contributed by atoms with Crippen molar-refractivity contribution in [1.82, 2.24) is 4.90 Å². The summed E-state index contributed by atoms with van der Waals surface area (Å²) in [6, 6.07) is 0. The predicted octanol–water partition coefficient (Wildman–Crippen LogP) is 2.00. The molecule has 0 aliphatic carbocycles. The molecule has 0 aromatic heterocycles. The van der Waals surface area contributed by atoms with Crippen LogP contribution in [0.1, 0.15) is 26.7 Å². The van der Waals surface area contributed by atoms with Gasteiger partial charge in [-0.05, 0) is 26.4 Å². The number of nitrogens with zero attached hydrogens (tertiary/aromatic N) is 1. The fourth-order valence-corrected chi connectivity index (χ4v) is 1.11. The van der Waals surface area contributed by atoms with Crippen LogP contribution in [0.15, 0.2) is 0 Å². The van der Waals surface area contributed by atoms with Crippen LogP contribution in [0.4, 0.5) is 0 Å². The van der Waals surface area contributed by atoms with E-state index in [1.165, 1.54) is 12.8 Å². The Kier molecular flexibility index (Phi) is 7.51. The van der Waals surface area contributed by atoms with Gasteiger partial charge in [-0.1, -0.05) is 20.3 Å². The van der Waals surface area contributed by atoms with Crippen molar-refractivity contribution in [3.05, 3.63) is 0 Å². The van der Waals surface area contributed by atoms with Gasteiger partial charge in [-0.2, -0.15) is 0 Å². The number of likely N-dealkylation sites (N-methyl/N-ethyl adjacent to an activating group) is 1. The Morgan fingerprint density at radius 2 is 2.00 bits per heavy atom. The van der Waals surface area contributed by atoms with Crippen LogP contribution in [0.2, 0.25) is 0 Å². The van der Waals surface area contributed by atoms with Crippen molar-refractivity contribution in [2.45, 2.75) is 26.7 Å². The van der Waals surface area contributed by atoms with Crippen molar-refractivity contribution in [3.8, 4) is 0 Å². The molecule has 2 nitrogen and oxygen atoms in total. The lowest BCUT2D eigenvalue weighted by atomic mass is 10.1. The van der Waals surface area contributed by atoms with E-state index >= 15 is 0 Å². The number of rotatable bonds is 7. The first-order valence-electron chi connectivity index (χ1n) is 4.89. The molecular weight excluding hydrogens is 150 g/mol. The molecule has 0 heterocycles. The van der Waals surface area contributed by atoms with Crippen molar-refractivity contribution in [2.24, 2.45) is 5.92 Å². The highest BCUT2D eigenvalue weighted by Crippen LogP contribution is 2.04. The van der Waals surface area contributed by atoms with E-state index in [1.54, 1.807) is 0 Å². The third-order valence-corrected chi connectivity index (χ3v) is 1.87. The van der Waals surface area contributed by atoms with Gasteiger partial charge in [0.2, 0.25) is 0 Å².